The summed E-state index contributed by atoms with van der Waals surface area (Å²) in [5, 5.41) is 2.77. The number of nitrogens with zero attached hydrogens (tertiary/aromatic N) is 1. The van der Waals surface area contributed by atoms with Crippen molar-refractivity contribution in [2.75, 3.05) is 23.4 Å². The van der Waals surface area contributed by atoms with Gasteiger partial charge in [-0.05, 0) is 30.3 Å². The first-order valence-electron chi connectivity index (χ1n) is 7.44. The number of fused-ring (bicyclic) bond motifs is 1. The number of carbonyl (C=O) groups excluding carboxylic acids is 2. The molecule has 1 aliphatic rings. The Morgan fingerprint density at radius 2 is 2.00 bits per heavy atom. The lowest BCUT2D eigenvalue weighted by Gasteiger charge is -2.29. The van der Waals surface area contributed by atoms with Crippen LogP contribution in [0, 0.1) is 0 Å². The number of carbonyl (C=O) groups is 2. The molecule has 1 heterocycles. The first-order chi connectivity index (χ1) is 12.2. The van der Waals surface area contributed by atoms with E-state index < -0.39 is 23.6 Å². The van der Waals surface area contributed by atoms with Crippen molar-refractivity contribution in [3.05, 3.63) is 53.1 Å². The van der Waals surface area contributed by atoms with E-state index in [0.29, 0.717) is 16.5 Å². The molecule has 0 aliphatic carbocycles. The summed E-state index contributed by atoms with van der Waals surface area (Å²) in [5.41, 5.74) is -0.524. The fourth-order valence-electron chi connectivity index (χ4n) is 2.47. The van der Waals surface area contributed by atoms with Crippen LogP contribution in [0.5, 0.6) is 5.75 Å². The van der Waals surface area contributed by atoms with Gasteiger partial charge in [0.15, 0.2) is 6.61 Å². The van der Waals surface area contributed by atoms with Crippen LogP contribution in [0.15, 0.2) is 42.5 Å². The third-order valence-electron chi connectivity index (χ3n) is 3.64. The van der Waals surface area contributed by atoms with Crippen LogP contribution >= 0.6 is 11.6 Å². The minimum Gasteiger partial charge on any atom is -0.482 e. The molecule has 2 amide bonds. The number of rotatable bonds is 3. The van der Waals surface area contributed by atoms with Crippen LogP contribution in [0.4, 0.5) is 24.5 Å². The van der Waals surface area contributed by atoms with Crippen molar-refractivity contribution < 1.29 is 27.5 Å². The van der Waals surface area contributed by atoms with E-state index in [-0.39, 0.29) is 18.8 Å². The molecule has 1 N–H and O–H groups in total. The Labute approximate surface area is 151 Å². The van der Waals surface area contributed by atoms with Gasteiger partial charge in [0.25, 0.3) is 5.91 Å². The third kappa shape index (κ3) is 3.91. The van der Waals surface area contributed by atoms with Crippen molar-refractivity contribution in [3.8, 4) is 5.75 Å². The van der Waals surface area contributed by atoms with Gasteiger partial charge in [0.05, 0.1) is 11.3 Å². The van der Waals surface area contributed by atoms with Crippen LogP contribution in [0.1, 0.15) is 5.56 Å². The minimum absolute atomic E-state index is 0.0122. The quantitative estimate of drug-likeness (QED) is 0.877. The SMILES string of the molecule is O=C(CN1C(=O)COc2cc(Cl)ccc21)Nc1cccc(C(F)(F)F)c1. The summed E-state index contributed by atoms with van der Waals surface area (Å²) in [6, 6.07) is 8.85. The molecular formula is C17H12ClF3N2O3. The van der Waals surface area contributed by atoms with Crippen molar-refractivity contribution in [3.63, 3.8) is 0 Å². The topological polar surface area (TPSA) is 58.6 Å². The van der Waals surface area contributed by atoms with Crippen molar-refractivity contribution in [1.82, 2.24) is 0 Å². The fraction of sp³-hybridized carbons (Fsp3) is 0.176. The van der Waals surface area contributed by atoms with E-state index in [0.717, 1.165) is 12.1 Å². The summed E-state index contributed by atoms with van der Waals surface area (Å²) in [6.45, 7) is -0.628. The zero-order valence-electron chi connectivity index (χ0n) is 13.1. The number of hydrogen-bond acceptors (Lipinski definition) is 3. The Kier molecular flexibility index (Phi) is 4.78. The van der Waals surface area contributed by atoms with Gasteiger partial charge >= 0.3 is 6.18 Å². The molecule has 2 aromatic rings. The number of halogens is 4. The van der Waals surface area contributed by atoms with Gasteiger partial charge < -0.3 is 10.1 Å². The molecule has 136 valence electrons. The molecule has 0 radical (unpaired) electrons. The highest BCUT2D eigenvalue weighted by Gasteiger charge is 2.31. The summed E-state index contributed by atoms with van der Waals surface area (Å²) < 4.78 is 43.5. The maximum absolute atomic E-state index is 12.7. The normalized spacial score (nSPS) is 13.8. The molecule has 0 bridgehead atoms. The standard InChI is InChI=1S/C17H12ClF3N2O3/c18-11-4-5-13-14(7-11)26-9-16(25)23(13)8-15(24)22-12-3-1-2-10(6-12)17(19,20)21/h1-7H,8-9H2,(H,22,24). The van der Waals surface area contributed by atoms with E-state index in [2.05, 4.69) is 5.32 Å². The van der Waals surface area contributed by atoms with Gasteiger partial charge in [0.1, 0.15) is 12.3 Å². The number of nitrogens with one attached hydrogen (secondary N) is 1. The van der Waals surface area contributed by atoms with Crippen LogP contribution in [0.3, 0.4) is 0 Å². The molecule has 5 nitrogen and oxygen atoms in total. The molecule has 1 aliphatic heterocycles. The molecular weight excluding hydrogens is 373 g/mol. The molecule has 9 heteroatoms. The summed E-state index contributed by atoms with van der Waals surface area (Å²) >= 11 is 5.87. The molecule has 0 saturated carbocycles. The molecule has 2 aromatic carbocycles. The highest BCUT2D eigenvalue weighted by molar-refractivity contribution is 6.31. The zero-order valence-corrected chi connectivity index (χ0v) is 13.9. The maximum atomic E-state index is 12.7. The van der Waals surface area contributed by atoms with Gasteiger partial charge in [0, 0.05) is 16.8 Å². The Morgan fingerprint density at radius 3 is 2.73 bits per heavy atom. The van der Waals surface area contributed by atoms with Crippen molar-refractivity contribution in [1.29, 1.82) is 0 Å². The minimum atomic E-state index is -4.51. The smallest absolute Gasteiger partial charge is 0.416 e. The Balaban J connectivity index is 1.76. The van der Waals surface area contributed by atoms with Crippen LogP contribution in [0.25, 0.3) is 0 Å². The number of anilines is 2. The Morgan fingerprint density at radius 1 is 1.23 bits per heavy atom. The molecule has 26 heavy (non-hydrogen) atoms. The van der Waals surface area contributed by atoms with Crippen molar-refractivity contribution in [2.24, 2.45) is 0 Å². The lowest BCUT2D eigenvalue weighted by molar-refractivity contribution is -0.137. The molecule has 0 unspecified atom stereocenters. The third-order valence-corrected chi connectivity index (χ3v) is 3.88. The van der Waals surface area contributed by atoms with Gasteiger partial charge in [-0.15, -0.1) is 0 Å². The highest BCUT2D eigenvalue weighted by Crippen LogP contribution is 2.34. The number of alkyl halides is 3. The molecule has 0 saturated heterocycles. The molecule has 0 atom stereocenters. The van der Waals surface area contributed by atoms with Crippen LogP contribution < -0.4 is 15.0 Å². The van der Waals surface area contributed by atoms with E-state index in [1.54, 1.807) is 6.07 Å². The van der Waals surface area contributed by atoms with Gasteiger partial charge in [0.2, 0.25) is 5.91 Å². The highest BCUT2D eigenvalue weighted by atomic mass is 35.5. The summed E-state index contributed by atoms with van der Waals surface area (Å²) in [6.07, 6.45) is -4.51. The summed E-state index contributed by atoms with van der Waals surface area (Å²) in [7, 11) is 0. The molecule has 0 aromatic heterocycles. The van der Waals surface area contributed by atoms with Crippen LogP contribution in [-0.2, 0) is 15.8 Å². The largest absolute Gasteiger partial charge is 0.482 e. The number of amides is 2. The Hall–Kier alpha value is -2.74. The maximum Gasteiger partial charge on any atom is 0.416 e. The molecule has 0 fully saturated rings. The lowest BCUT2D eigenvalue weighted by Crippen LogP contribution is -2.43. The van der Waals surface area contributed by atoms with E-state index in [9.17, 15) is 22.8 Å². The van der Waals surface area contributed by atoms with Crippen molar-refractivity contribution >= 4 is 34.8 Å². The van der Waals surface area contributed by atoms with Gasteiger partial charge in [-0.2, -0.15) is 13.2 Å². The second-order valence-corrected chi connectivity index (χ2v) is 5.94. The number of ether oxygens (including phenoxy) is 1. The predicted molar refractivity (Wildman–Crippen MR) is 89.4 cm³/mol. The van der Waals surface area contributed by atoms with Gasteiger partial charge in [-0.1, -0.05) is 17.7 Å². The van der Waals surface area contributed by atoms with Crippen LogP contribution in [-0.4, -0.2) is 25.0 Å². The van der Waals surface area contributed by atoms with Gasteiger partial charge in [-0.3, -0.25) is 14.5 Å². The zero-order chi connectivity index (χ0) is 18.9. The first-order valence-corrected chi connectivity index (χ1v) is 7.81. The van der Waals surface area contributed by atoms with Crippen LogP contribution in [0.2, 0.25) is 5.02 Å². The summed E-state index contributed by atoms with van der Waals surface area (Å²) in [4.78, 5) is 25.5. The molecule has 3 rings (SSSR count). The number of benzene rings is 2. The lowest BCUT2D eigenvalue weighted by atomic mass is 10.2. The second kappa shape index (κ2) is 6.87. The van der Waals surface area contributed by atoms with E-state index in [1.165, 1.54) is 29.2 Å². The van der Waals surface area contributed by atoms with Gasteiger partial charge in [-0.25, -0.2) is 0 Å². The average Bonchev–Trinajstić information content (AvgIpc) is 2.57. The fourth-order valence-corrected chi connectivity index (χ4v) is 2.63. The molecule has 0 spiro atoms. The van der Waals surface area contributed by atoms with E-state index in [4.69, 9.17) is 16.3 Å². The van der Waals surface area contributed by atoms with E-state index >= 15 is 0 Å². The van der Waals surface area contributed by atoms with Crippen molar-refractivity contribution in [2.45, 2.75) is 6.18 Å². The average molecular weight is 385 g/mol. The van der Waals surface area contributed by atoms with E-state index in [1.807, 2.05) is 0 Å². The predicted octanol–water partition coefficient (Wildman–Crippen LogP) is 3.72. The first kappa shape index (κ1) is 18.1. The number of hydrogen-bond donors (Lipinski definition) is 1. The monoisotopic (exact) mass is 384 g/mol. The Bertz CT molecular complexity index is 871. The summed E-state index contributed by atoms with van der Waals surface area (Å²) in [5.74, 6) is -0.733. The second-order valence-electron chi connectivity index (χ2n) is 5.51.